The van der Waals surface area contributed by atoms with Gasteiger partial charge < -0.3 is 15.3 Å². The van der Waals surface area contributed by atoms with Crippen LogP contribution in [0.5, 0.6) is 0 Å². The summed E-state index contributed by atoms with van der Waals surface area (Å²) in [4.78, 5) is 26.8. The van der Waals surface area contributed by atoms with Gasteiger partial charge in [0.2, 0.25) is 5.91 Å². The molecule has 5 heteroatoms. The Labute approximate surface area is 190 Å². The molecule has 0 saturated carbocycles. The van der Waals surface area contributed by atoms with Gasteiger partial charge in [-0.15, -0.1) is 0 Å². The Morgan fingerprint density at radius 3 is 2.22 bits per heavy atom. The Bertz CT molecular complexity index is 985. The van der Waals surface area contributed by atoms with Crippen LogP contribution < -0.4 is 5.32 Å². The third-order valence-corrected chi connectivity index (χ3v) is 7.23. The fraction of sp³-hybridized carbons (Fsp3) is 0.407. The lowest BCUT2D eigenvalue weighted by Crippen LogP contribution is -2.62. The number of benzene rings is 2. The van der Waals surface area contributed by atoms with Crippen LogP contribution in [-0.2, 0) is 24.2 Å². The van der Waals surface area contributed by atoms with Gasteiger partial charge in [0.15, 0.2) is 0 Å². The van der Waals surface area contributed by atoms with Crippen LogP contribution in [0.15, 0.2) is 60.8 Å². The van der Waals surface area contributed by atoms with Crippen LogP contribution in [0.1, 0.15) is 53.7 Å². The number of amides is 1. The van der Waals surface area contributed by atoms with E-state index in [1.807, 2.05) is 12.1 Å². The molecule has 1 aliphatic carbocycles. The first-order chi connectivity index (χ1) is 15.4. The van der Waals surface area contributed by atoms with Crippen molar-refractivity contribution in [2.45, 2.75) is 58.2 Å². The number of fused-ring (bicyclic) bond motifs is 1. The zero-order chi connectivity index (χ0) is 22.8. The van der Waals surface area contributed by atoms with E-state index in [2.05, 4.69) is 54.9 Å². The van der Waals surface area contributed by atoms with E-state index in [1.54, 1.807) is 12.1 Å². The van der Waals surface area contributed by atoms with E-state index in [1.165, 1.54) is 11.1 Å². The second-order valence-corrected chi connectivity index (χ2v) is 9.07. The first-order valence-electron chi connectivity index (χ1n) is 11.6. The largest absolute Gasteiger partial charge is 0.478 e. The van der Waals surface area contributed by atoms with Gasteiger partial charge in [0, 0.05) is 12.2 Å². The van der Waals surface area contributed by atoms with E-state index in [0.29, 0.717) is 12.5 Å². The molecule has 1 aliphatic heterocycles. The molecule has 2 N–H and O–H groups in total. The van der Waals surface area contributed by atoms with Crippen molar-refractivity contribution in [2.24, 2.45) is 11.8 Å². The molecule has 0 unspecified atom stereocenters. The molecule has 2 atom stereocenters. The van der Waals surface area contributed by atoms with Crippen molar-refractivity contribution in [2.75, 3.05) is 0 Å². The number of hydrogen-bond donors (Lipinski definition) is 2. The van der Waals surface area contributed by atoms with Crippen LogP contribution in [0.3, 0.4) is 0 Å². The van der Waals surface area contributed by atoms with Gasteiger partial charge in [0.25, 0.3) is 0 Å². The summed E-state index contributed by atoms with van der Waals surface area (Å²) >= 11 is 0. The monoisotopic (exact) mass is 432 g/mol. The van der Waals surface area contributed by atoms with Crippen molar-refractivity contribution in [3.05, 3.63) is 83.1 Å². The normalized spacial score (nSPS) is 21.0. The molecular weight excluding hydrogens is 400 g/mol. The van der Waals surface area contributed by atoms with Gasteiger partial charge in [0.05, 0.1) is 11.6 Å². The minimum Gasteiger partial charge on any atom is -0.478 e. The lowest BCUT2D eigenvalue weighted by atomic mass is 9.85. The standard InChI is InChI=1S/C27H32N2O3/c1-4-19(5-2)25-26(30)28-24(23-14-21-8-6-7-9-22(21)15-23)17(3)29(25)16-18-10-12-20(13-11-18)27(31)32/h6-13,19,23-25H,3-5,14-16H2,1-2H3,(H,28,30)(H,31,32)/t24-,25-/m0/s1. The summed E-state index contributed by atoms with van der Waals surface area (Å²) in [6.45, 7) is 9.28. The SMILES string of the molecule is C=C1[C@@H](C2Cc3ccccc3C2)NC(=O)[C@H](C(CC)CC)N1Cc1ccc(C(=O)O)cc1. The molecule has 0 radical (unpaired) electrons. The van der Waals surface area contributed by atoms with Crippen LogP contribution in [0, 0.1) is 11.8 Å². The highest BCUT2D eigenvalue weighted by molar-refractivity contribution is 5.87. The number of carbonyl (C=O) groups is 2. The number of carboxylic acids is 1. The van der Waals surface area contributed by atoms with E-state index < -0.39 is 5.97 Å². The molecule has 2 aromatic carbocycles. The maximum absolute atomic E-state index is 13.4. The summed E-state index contributed by atoms with van der Waals surface area (Å²) in [6.07, 6.45) is 3.71. The molecule has 32 heavy (non-hydrogen) atoms. The molecule has 1 heterocycles. The van der Waals surface area contributed by atoms with Crippen molar-refractivity contribution >= 4 is 11.9 Å². The number of carbonyl (C=O) groups excluding carboxylic acids is 1. The Hall–Kier alpha value is -3.08. The molecule has 0 spiro atoms. The predicted molar refractivity (Wildman–Crippen MR) is 125 cm³/mol. The summed E-state index contributed by atoms with van der Waals surface area (Å²) in [7, 11) is 0. The number of rotatable bonds is 7. The van der Waals surface area contributed by atoms with E-state index in [4.69, 9.17) is 0 Å². The summed E-state index contributed by atoms with van der Waals surface area (Å²) in [6, 6.07) is 15.1. The molecule has 168 valence electrons. The van der Waals surface area contributed by atoms with Crippen LogP contribution in [0.2, 0.25) is 0 Å². The second-order valence-electron chi connectivity index (χ2n) is 9.07. The minimum atomic E-state index is -0.936. The van der Waals surface area contributed by atoms with Gasteiger partial charge in [-0.2, -0.15) is 0 Å². The van der Waals surface area contributed by atoms with E-state index >= 15 is 0 Å². The van der Waals surface area contributed by atoms with Gasteiger partial charge in [-0.3, -0.25) is 4.79 Å². The average Bonchev–Trinajstić information content (AvgIpc) is 3.23. The first-order valence-corrected chi connectivity index (χ1v) is 11.6. The predicted octanol–water partition coefficient (Wildman–Crippen LogP) is 4.42. The maximum Gasteiger partial charge on any atom is 0.335 e. The van der Waals surface area contributed by atoms with E-state index in [9.17, 15) is 14.7 Å². The second kappa shape index (κ2) is 9.19. The van der Waals surface area contributed by atoms with Crippen molar-refractivity contribution < 1.29 is 14.7 Å². The van der Waals surface area contributed by atoms with Crippen LogP contribution in [-0.4, -0.2) is 34.0 Å². The molecule has 4 rings (SSSR count). The van der Waals surface area contributed by atoms with Gasteiger partial charge in [0.1, 0.15) is 6.04 Å². The molecule has 0 aromatic heterocycles. The van der Waals surface area contributed by atoms with Gasteiger partial charge in [-0.25, -0.2) is 4.79 Å². The van der Waals surface area contributed by atoms with E-state index in [0.717, 1.165) is 36.9 Å². The Morgan fingerprint density at radius 2 is 1.69 bits per heavy atom. The highest BCUT2D eigenvalue weighted by Gasteiger charge is 2.43. The molecule has 0 bridgehead atoms. The van der Waals surface area contributed by atoms with Gasteiger partial charge in [-0.1, -0.05) is 69.7 Å². The quantitative estimate of drug-likeness (QED) is 0.680. The zero-order valence-electron chi connectivity index (χ0n) is 18.9. The molecule has 1 fully saturated rings. The summed E-state index contributed by atoms with van der Waals surface area (Å²) in [5, 5.41) is 12.5. The number of hydrogen-bond acceptors (Lipinski definition) is 3. The van der Waals surface area contributed by atoms with Crippen LogP contribution in [0.25, 0.3) is 0 Å². The number of piperazine rings is 1. The summed E-state index contributed by atoms with van der Waals surface area (Å²) in [5.74, 6) is -0.335. The lowest BCUT2D eigenvalue weighted by molar-refractivity contribution is -0.132. The molecule has 1 saturated heterocycles. The van der Waals surface area contributed by atoms with E-state index in [-0.39, 0.29) is 29.5 Å². The molecule has 2 aliphatic rings. The molecule has 5 nitrogen and oxygen atoms in total. The van der Waals surface area contributed by atoms with Crippen molar-refractivity contribution in [1.82, 2.24) is 10.2 Å². The summed E-state index contributed by atoms with van der Waals surface area (Å²) < 4.78 is 0. The zero-order valence-corrected chi connectivity index (χ0v) is 18.9. The number of nitrogens with zero attached hydrogens (tertiary/aromatic N) is 1. The molecule has 1 amide bonds. The van der Waals surface area contributed by atoms with Gasteiger partial charge >= 0.3 is 5.97 Å². The highest BCUT2D eigenvalue weighted by Crippen LogP contribution is 2.36. The number of nitrogens with one attached hydrogen (secondary N) is 1. The maximum atomic E-state index is 13.4. The fourth-order valence-corrected chi connectivity index (χ4v) is 5.39. The Kier molecular flexibility index (Phi) is 6.35. The lowest BCUT2D eigenvalue weighted by Gasteiger charge is -2.47. The number of carboxylic acid groups (broad SMARTS) is 1. The van der Waals surface area contributed by atoms with Crippen LogP contribution >= 0.6 is 0 Å². The highest BCUT2D eigenvalue weighted by atomic mass is 16.4. The fourth-order valence-electron chi connectivity index (χ4n) is 5.39. The Balaban J connectivity index is 1.61. The minimum absolute atomic E-state index is 0.0780. The molecule has 2 aromatic rings. The van der Waals surface area contributed by atoms with Crippen LogP contribution in [0.4, 0.5) is 0 Å². The summed E-state index contributed by atoms with van der Waals surface area (Å²) in [5.41, 5.74) is 4.92. The van der Waals surface area contributed by atoms with Crippen molar-refractivity contribution in [3.63, 3.8) is 0 Å². The number of aromatic carboxylic acids is 1. The topological polar surface area (TPSA) is 69.6 Å². The average molecular weight is 433 g/mol. The Morgan fingerprint density at radius 1 is 1.09 bits per heavy atom. The third-order valence-electron chi connectivity index (χ3n) is 7.23. The molecular formula is C27H32N2O3. The third kappa shape index (κ3) is 4.16. The smallest absolute Gasteiger partial charge is 0.335 e. The van der Waals surface area contributed by atoms with Crippen molar-refractivity contribution in [1.29, 1.82) is 0 Å². The van der Waals surface area contributed by atoms with Gasteiger partial charge in [-0.05, 0) is 53.5 Å². The first kappa shape index (κ1) is 22.1. The van der Waals surface area contributed by atoms with Crippen molar-refractivity contribution in [3.8, 4) is 0 Å².